The van der Waals surface area contributed by atoms with Crippen LogP contribution in [0.2, 0.25) is 0 Å². The third-order valence-corrected chi connectivity index (χ3v) is 8.79. The monoisotopic (exact) mass is 434 g/mol. The molecule has 0 aromatic heterocycles. The SMILES string of the molecule is CC1=CC[C@H]2C(C)(C)CCC[C@]2(C)[C@@]12CC[C@@](C)(CCOC(=O)NCCCN(C)C)O2. The zero-order valence-electron chi connectivity index (χ0n) is 21.1. The molecule has 1 saturated carbocycles. The van der Waals surface area contributed by atoms with E-state index in [0.29, 0.717) is 24.5 Å². The van der Waals surface area contributed by atoms with Gasteiger partial charge in [0, 0.05) is 18.4 Å². The van der Waals surface area contributed by atoms with Crippen molar-refractivity contribution in [1.29, 1.82) is 0 Å². The maximum absolute atomic E-state index is 12.0. The molecule has 0 unspecified atom stereocenters. The Balaban J connectivity index is 1.59. The molecule has 0 aromatic carbocycles. The van der Waals surface area contributed by atoms with Crippen LogP contribution in [0, 0.1) is 16.7 Å². The molecule has 5 heteroatoms. The minimum Gasteiger partial charge on any atom is -0.449 e. The second-order valence-electron chi connectivity index (χ2n) is 11.8. The Morgan fingerprint density at radius 3 is 2.65 bits per heavy atom. The van der Waals surface area contributed by atoms with Gasteiger partial charge in [0.2, 0.25) is 0 Å². The highest BCUT2D eigenvalue weighted by Gasteiger charge is 2.64. The Bertz CT molecular complexity index is 688. The van der Waals surface area contributed by atoms with E-state index in [4.69, 9.17) is 9.47 Å². The summed E-state index contributed by atoms with van der Waals surface area (Å²) in [6.45, 7) is 13.9. The first-order valence-electron chi connectivity index (χ1n) is 12.4. The zero-order chi connectivity index (χ0) is 22.9. The van der Waals surface area contributed by atoms with E-state index in [0.717, 1.165) is 32.2 Å². The fourth-order valence-corrected chi connectivity index (χ4v) is 6.91. The molecule has 1 amide bonds. The lowest BCUT2D eigenvalue weighted by molar-refractivity contribution is -0.191. The number of hydrogen-bond acceptors (Lipinski definition) is 4. The molecule has 1 saturated heterocycles. The van der Waals surface area contributed by atoms with Crippen LogP contribution in [0.5, 0.6) is 0 Å². The molecular formula is C26H46N2O3. The van der Waals surface area contributed by atoms with Crippen LogP contribution < -0.4 is 5.32 Å². The van der Waals surface area contributed by atoms with Gasteiger partial charge in [-0.15, -0.1) is 0 Å². The number of alkyl carbamates (subject to hydrolysis) is 1. The predicted molar refractivity (Wildman–Crippen MR) is 126 cm³/mol. The van der Waals surface area contributed by atoms with E-state index < -0.39 is 0 Å². The number of nitrogens with zero attached hydrogens (tertiary/aromatic N) is 1. The molecule has 5 nitrogen and oxygen atoms in total. The fourth-order valence-electron chi connectivity index (χ4n) is 6.91. The van der Waals surface area contributed by atoms with Crippen molar-refractivity contribution in [3.05, 3.63) is 11.6 Å². The zero-order valence-corrected chi connectivity index (χ0v) is 21.1. The van der Waals surface area contributed by atoms with Crippen LogP contribution >= 0.6 is 0 Å². The molecule has 1 aliphatic heterocycles. The van der Waals surface area contributed by atoms with Crippen molar-refractivity contribution in [3.63, 3.8) is 0 Å². The first-order valence-corrected chi connectivity index (χ1v) is 12.4. The summed E-state index contributed by atoms with van der Waals surface area (Å²) in [5.74, 6) is 0.656. The van der Waals surface area contributed by atoms with E-state index in [-0.39, 0.29) is 22.7 Å². The minimum atomic E-state index is -0.315. The van der Waals surface area contributed by atoms with Crippen molar-refractivity contribution in [2.75, 3.05) is 33.8 Å². The van der Waals surface area contributed by atoms with Gasteiger partial charge in [0.05, 0.1) is 17.8 Å². The van der Waals surface area contributed by atoms with Crippen LogP contribution in [0.15, 0.2) is 11.6 Å². The first kappa shape index (κ1) is 24.6. The Morgan fingerprint density at radius 2 is 1.94 bits per heavy atom. The Labute approximate surface area is 190 Å². The summed E-state index contributed by atoms with van der Waals surface area (Å²) in [6, 6.07) is 0. The number of carbonyl (C=O) groups excluding carboxylic acids is 1. The van der Waals surface area contributed by atoms with Crippen LogP contribution in [-0.2, 0) is 9.47 Å². The van der Waals surface area contributed by atoms with E-state index in [1.807, 2.05) is 14.1 Å². The van der Waals surface area contributed by atoms with Crippen molar-refractivity contribution in [1.82, 2.24) is 10.2 Å². The smallest absolute Gasteiger partial charge is 0.407 e. The Hall–Kier alpha value is -1.07. The van der Waals surface area contributed by atoms with Gasteiger partial charge >= 0.3 is 6.09 Å². The van der Waals surface area contributed by atoms with E-state index in [2.05, 4.69) is 50.9 Å². The van der Waals surface area contributed by atoms with Crippen molar-refractivity contribution in [2.45, 2.75) is 97.2 Å². The van der Waals surface area contributed by atoms with Crippen molar-refractivity contribution in [2.24, 2.45) is 16.7 Å². The van der Waals surface area contributed by atoms with Crippen LogP contribution in [-0.4, -0.2) is 56.0 Å². The summed E-state index contributed by atoms with van der Waals surface area (Å²) in [5.41, 5.74) is 1.54. The van der Waals surface area contributed by atoms with Crippen molar-refractivity contribution < 1.29 is 14.3 Å². The molecule has 1 spiro atoms. The van der Waals surface area contributed by atoms with Gasteiger partial charge in [-0.3, -0.25) is 0 Å². The summed E-state index contributed by atoms with van der Waals surface area (Å²) in [4.78, 5) is 14.1. The van der Waals surface area contributed by atoms with E-state index in [1.54, 1.807) is 0 Å². The first-order chi connectivity index (χ1) is 14.4. The number of carbonyl (C=O) groups is 1. The molecular weight excluding hydrogens is 388 g/mol. The van der Waals surface area contributed by atoms with Crippen LogP contribution in [0.4, 0.5) is 4.79 Å². The topological polar surface area (TPSA) is 50.8 Å². The summed E-state index contributed by atoms with van der Waals surface area (Å²) >= 11 is 0. The largest absolute Gasteiger partial charge is 0.449 e. The van der Waals surface area contributed by atoms with Crippen molar-refractivity contribution >= 4 is 6.09 Å². The molecule has 3 aliphatic rings. The van der Waals surface area contributed by atoms with E-state index >= 15 is 0 Å². The molecule has 0 bridgehead atoms. The number of allylic oxidation sites excluding steroid dienone is 1. The Kier molecular flexibility index (Phi) is 7.17. The molecule has 0 radical (unpaired) electrons. The molecule has 4 atom stereocenters. The standard InChI is InChI=1S/C26H46N2O3/c1-20-10-11-21-23(2,3)12-8-13-25(21,5)26(20)15-14-24(4,31-26)16-19-30-22(29)27-17-9-18-28(6)7/h10,21H,8-9,11-19H2,1-7H3,(H,27,29)/t21-,24-,25-,26+/m0/s1. The lowest BCUT2D eigenvalue weighted by atomic mass is 9.46. The lowest BCUT2D eigenvalue weighted by Gasteiger charge is -2.61. The molecule has 2 aliphatic carbocycles. The van der Waals surface area contributed by atoms with E-state index in [1.165, 1.54) is 31.3 Å². The van der Waals surface area contributed by atoms with Crippen LogP contribution in [0.3, 0.4) is 0 Å². The van der Waals surface area contributed by atoms with Gasteiger partial charge in [0.15, 0.2) is 0 Å². The molecule has 31 heavy (non-hydrogen) atoms. The van der Waals surface area contributed by atoms with Gasteiger partial charge in [-0.2, -0.15) is 0 Å². The fraction of sp³-hybridized carbons (Fsp3) is 0.885. The average Bonchev–Trinajstić information content (AvgIpc) is 3.02. The lowest BCUT2D eigenvalue weighted by Crippen LogP contribution is -2.59. The summed E-state index contributed by atoms with van der Waals surface area (Å²) in [7, 11) is 4.07. The number of ether oxygens (including phenoxy) is 2. The van der Waals surface area contributed by atoms with Gasteiger partial charge in [-0.25, -0.2) is 4.79 Å². The van der Waals surface area contributed by atoms with Gasteiger partial charge in [0.25, 0.3) is 0 Å². The quantitative estimate of drug-likeness (QED) is 0.422. The normalized spacial score (nSPS) is 36.9. The molecule has 1 N–H and O–H groups in total. The third kappa shape index (κ3) is 4.83. The molecule has 3 rings (SSSR count). The van der Waals surface area contributed by atoms with Gasteiger partial charge in [-0.1, -0.05) is 33.3 Å². The van der Waals surface area contributed by atoms with E-state index in [9.17, 15) is 4.79 Å². The summed E-state index contributed by atoms with van der Waals surface area (Å²) in [6.07, 6.45) is 10.9. The van der Waals surface area contributed by atoms with Crippen LogP contribution in [0.25, 0.3) is 0 Å². The van der Waals surface area contributed by atoms with Crippen LogP contribution in [0.1, 0.15) is 86.0 Å². The second kappa shape index (κ2) is 9.05. The highest BCUT2D eigenvalue weighted by Crippen LogP contribution is 2.66. The molecule has 0 aromatic rings. The van der Waals surface area contributed by atoms with Gasteiger partial charge in [0.1, 0.15) is 0 Å². The highest BCUT2D eigenvalue weighted by molar-refractivity contribution is 5.67. The third-order valence-electron chi connectivity index (χ3n) is 8.79. The Morgan fingerprint density at radius 1 is 1.19 bits per heavy atom. The minimum absolute atomic E-state index is 0.170. The van der Waals surface area contributed by atoms with Gasteiger partial charge < -0.3 is 19.7 Å². The number of hydrogen-bond donors (Lipinski definition) is 1. The van der Waals surface area contributed by atoms with Crippen molar-refractivity contribution in [3.8, 4) is 0 Å². The highest BCUT2D eigenvalue weighted by atomic mass is 16.6. The maximum atomic E-state index is 12.0. The maximum Gasteiger partial charge on any atom is 0.407 e. The number of nitrogens with one attached hydrogen (secondary N) is 1. The number of amides is 1. The molecule has 1 heterocycles. The average molecular weight is 435 g/mol. The molecule has 2 fully saturated rings. The summed E-state index contributed by atoms with van der Waals surface area (Å²) in [5, 5.41) is 2.85. The second-order valence-corrected chi connectivity index (χ2v) is 11.8. The molecule has 178 valence electrons. The number of fused-ring (bicyclic) bond motifs is 2. The number of rotatable bonds is 7. The predicted octanol–water partition coefficient (Wildman–Crippen LogP) is 5.54. The van der Waals surface area contributed by atoms with Gasteiger partial charge in [-0.05, 0) is 89.9 Å². The summed E-state index contributed by atoms with van der Waals surface area (Å²) < 4.78 is 12.6.